The van der Waals surface area contributed by atoms with Crippen molar-refractivity contribution in [3.63, 3.8) is 0 Å². The molecule has 2 aliphatic carbocycles. The molecule has 1 aromatic rings. The zero-order chi connectivity index (χ0) is 14.9. The van der Waals surface area contributed by atoms with E-state index in [-0.39, 0.29) is 17.4 Å². The van der Waals surface area contributed by atoms with E-state index >= 15 is 0 Å². The topological polar surface area (TPSA) is 29.1 Å². The van der Waals surface area contributed by atoms with Crippen LogP contribution in [0.1, 0.15) is 43.7 Å². The summed E-state index contributed by atoms with van der Waals surface area (Å²) in [6, 6.07) is 8.40. The quantitative estimate of drug-likeness (QED) is 0.848. The smallest absolute Gasteiger partial charge is 0.224 e. The van der Waals surface area contributed by atoms with E-state index in [1.807, 2.05) is 0 Å². The largest absolute Gasteiger partial charge is 0.349 e. The molecule has 2 nitrogen and oxygen atoms in total. The summed E-state index contributed by atoms with van der Waals surface area (Å²) in [6.07, 6.45) is 6.11. The molecule has 0 saturated heterocycles. The fourth-order valence-electron chi connectivity index (χ4n) is 3.71. The molecule has 1 fully saturated rings. The third kappa shape index (κ3) is 3.11. The van der Waals surface area contributed by atoms with E-state index in [4.69, 9.17) is 11.6 Å². The Hall–Kier alpha value is -1.02. The maximum absolute atomic E-state index is 12.7. The van der Waals surface area contributed by atoms with Gasteiger partial charge in [-0.3, -0.25) is 4.79 Å². The van der Waals surface area contributed by atoms with E-state index in [0.29, 0.717) is 5.88 Å². The lowest BCUT2D eigenvalue weighted by molar-refractivity contribution is -0.127. The Morgan fingerprint density at radius 2 is 1.81 bits per heavy atom. The van der Waals surface area contributed by atoms with Crippen LogP contribution < -0.4 is 5.32 Å². The zero-order valence-corrected chi connectivity index (χ0v) is 13.5. The average molecular weight is 306 g/mol. The van der Waals surface area contributed by atoms with Gasteiger partial charge in [-0.1, -0.05) is 31.2 Å². The van der Waals surface area contributed by atoms with Crippen molar-refractivity contribution in [2.45, 2.75) is 51.0 Å². The van der Waals surface area contributed by atoms with Gasteiger partial charge in [0, 0.05) is 11.8 Å². The van der Waals surface area contributed by atoms with Crippen molar-refractivity contribution in [1.29, 1.82) is 0 Å². The molecule has 0 aromatic heterocycles. The minimum atomic E-state index is -0.167. The highest BCUT2D eigenvalue weighted by atomic mass is 35.5. The van der Waals surface area contributed by atoms with E-state index in [2.05, 4.69) is 36.5 Å². The Morgan fingerprint density at radius 1 is 1.24 bits per heavy atom. The third-order valence-corrected chi connectivity index (χ3v) is 5.81. The van der Waals surface area contributed by atoms with Crippen LogP contribution in [0.15, 0.2) is 24.3 Å². The van der Waals surface area contributed by atoms with Crippen molar-refractivity contribution in [2.24, 2.45) is 11.8 Å². The van der Waals surface area contributed by atoms with Crippen LogP contribution in [0.5, 0.6) is 0 Å². The molecule has 0 bridgehead atoms. The molecule has 3 heteroatoms. The third-order valence-electron chi connectivity index (χ3n) is 5.30. The molecule has 0 unspecified atom stereocenters. The van der Waals surface area contributed by atoms with Gasteiger partial charge in [-0.2, -0.15) is 0 Å². The first-order valence-electron chi connectivity index (χ1n) is 8.07. The number of fused-ring (bicyclic) bond motifs is 1. The van der Waals surface area contributed by atoms with Gasteiger partial charge in [-0.05, 0) is 55.6 Å². The molecule has 1 aromatic carbocycles. The van der Waals surface area contributed by atoms with E-state index in [1.54, 1.807) is 0 Å². The number of carbonyl (C=O) groups is 1. The molecule has 1 N–H and O–H groups in total. The van der Waals surface area contributed by atoms with Crippen LogP contribution in [0.25, 0.3) is 0 Å². The predicted molar refractivity (Wildman–Crippen MR) is 86.6 cm³/mol. The fourth-order valence-corrected chi connectivity index (χ4v) is 4.05. The second-order valence-electron chi connectivity index (χ2n) is 6.96. The first-order valence-corrected chi connectivity index (χ1v) is 8.60. The predicted octanol–water partition coefficient (Wildman–Crippen LogP) is 3.71. The lowest BCUT2D eigenvalue weighted by Crippen LogP contribution is -2.53. The minimum absolute atomic E-state index is 0.0850. The van der Waals surface area contributed by atoms with E-state index in [0.717, 1.165) is 44.4 Å². The highest BCUT2D eigenvalue weighted by molar-refractivity contribution is 6.18. The lowest BCUT2D eigenvalue weighted by Gasteiger charge is -2.39. The van der Waals surface area contributed by atoms with Crippen LogP contribution >= 0.6 is 11.6 Å². The van der Waals surface area contributed by atoms with Gasteiger partial charge in [0.2, 0.25) is 5.91 Å². The Bertz CT molecular complexity index is 495. The van der Waals surface area contributed by atoms with E-state index in [9.17, 15) is 4.79 Å². The maximum atomic E-state index is 12.7. The standard InChI is InChI=1S/C18H24ClNO/c1-13-6-8-18(12-19,9-7-13)20-17(21)16-10-14-4-2-3-5-15(14)11-16/h2-5,13,16H,6-12H2,1H3,(H,20,21). The van der Waals surface area contributed by atoms with E-state index in [1.165, 1.54) is 11.1 Å². The van der Waals surface area contributed by atoms with Crippen molar-refractivity contribution in [3.05, 3.63) is 35.4 Å². The SMILES string of the molecule is CC1CCC(CCl)(NC(=O)C2Cc3ccccc3C2)CC1. The second-order valence-corrected chi connectivity index (χ2v) is 7.23. The van der Waals surface area contributed by atoms with Gasteiger partial charge in [0.15, 0.2) is 0 Å². The molecule has 0 radical (unpaired) electrons. The molecule has 0 atom stereocenters. The zero-order valence-electron chi connectivity index (χ0n) is 12.7. The Labute approximate surface area is 132 Å². The van der Waals surface area contributed by atoms with Crippen molar-refractivity contribution in [2.75, 3.05) is 5.88 Å². The highest BCUT2D eigenvalue weighted by Crippen LogP contribution is 2.34. The van der Waals surface area contributed by atoms with Crippen LogP contribution in [-0.4, -0.2) is 17.3 Å². The van der Waals surface area contributed by atoms with Gasteiger partial charge in [0.05, 0.1) is 5.54 Å². The number of nitrogens with one attached hydrogen (secondary N) is 1. The molecule has 1 saturated carbocycles. The molecule has 114 valence electrons. The number of benzene rings is 1. The number of rotatable bonds is 3. The highest BCUT2D eigenvalue weighted by Gasteiger charge is 2.37. The summed E-state index contributed by atoms with van der Waals surface area (Å²) in [5, 5.41) is 3.31. The molecular weight excluding hydrogens is 282 g/mol. The van der Waals surface area contributed by atoms with Crippen molar-refractivity contribution in [1.82, 2.24) is 5.32 Å². The van der Waals surface area contributed by atoms with E-state index < -0.39 is 0 Å². The number of halogens is 1. The number of alkyl halides is 1. The van der Waals surface area contributed by atoms with Gasteiger partial charge in [-0.15, -0.1) is 11.6 Å². The number of carbonyl (C=O) groups excluding carboxylic acids is 1. The molecule has 21 heavy (non-hydrogen) atoms. The molecule has 0 heterocycles. The Morgan fingerprint density at radius 3 is 2.33 bits per heavy atom. The average Bonchev–Trinajstić information content (AvgIpc) is 2.94. The van der Waals surface area contributed by atoms with Gasteiger partial charge < -0.3 is 5.32 Å². The summed E-state index contributed by atoms with van der Waals surface area (Å²) in [5.74, 6) is 1.57. The van der Waals surface area contributed by atoms with Crippen molar-refractivity contribution in [3.8, 4) is 0 Å². The number of amides is 1. The molecule has 1 amide bonds. The normalized spacial score (nSPS) is 29.1. The summed E-state index contributed by atoms with van der Waals surface area (Å²) in [4.78, 5) is 12.7. The van der Waals surface area contributed by atoms with Crippen LogP contribution in [0, 0.1) is 11.8 Å². The maximum Gasteiger partial charge on any atom is 0.224 e. The van der Waals surface area contributed by atoms with Gasteiger partial charge in [0.25, 0.3) is 0 Å². The molecule has 0 spiro atoms. The van der Waals surface area contributed by atoms with Crippen molar-refractivity contribution < 1.29 is 4.79 Å². The summed E-state index contributed by atoms with van der Waals surface area (Å²) in [5.41, 5.74) is 2.49. The monoisotopic (exact) mass is 305 g/mol. The van der Waals surface area contributed by atoms with Crippen LogP contribution in [0.4, 0.5) is 0 Å². The molecular formula is C18H24ClNO. The van der Waals surface area contributed by atoms with Gasteiger partial charge in [0.1, 0.15) is 0 Å². The summed E-state index contributed by atoms with van der Waals surface area (Å²) in [6.45, 7) is 2.29. The summed E-state index contributed by atoms with van der Waals surface area (Å²) < 4.78 is 0. The molecule has 2 aliphatic rings. The lowest BCUT2D eigenvalue weighted by atomic mass is 9.78. The minimum Gasteiger partial charge on any atom is -0.349 e. The summed E-state index contributed by atoms with van der Waals surface area (Å²) >= 11 is 6.21. The molecule has 3 rings (SSSR count). The van der Waals surface area contributed by atoms with Crippen LogP contribution in [0.2, 0.25) is 0 Å². The number of hydrogen-bond acceptors (Lipinski definition) is 1. The Balaban J connectivity index is 1.64. The van der Waals surface area contributed by atoms with Gasteiger partial charge >= 0.3 is 0 Å². The second kappa shape index (κ2) is 6.00. The van der Waals surface area contributed by atoms with Gasteiger partial charge in [-0.25, -0.2) is 0 Å². The fraction of sp³-hybridized carbons (Fsp3) is 0.611. The number of hydrogen-bond donors (Lipinski definition) is 1. The summed E-state index contributed by atoms with van der Waals surface area (Å²) in [7, 11) is 0. The van der Waals surface area contributed by atoms with Crippen LogP contribution in [-0.2, 0) is 17.6 Å². The first kappa shape index (κ1) is 14.9. The molecule has 0 aliphatic heterocycles. The van der Waals surface area contributed by atoms with Crippen LogP contribution in [0.3, 0.4) is 0 Å². The van der Waals surface area contributed by atoms with Crippen molar-refractivity contribution >= 4 is 17.5 Å². The Kier molecular flexibility index (Phi) is 4.26. The first-order chi connectivity index (χ1) is 10.1.